The minimum atomic E-state index is -0.177. The van der Waals surface area contributed by atoms with Crippen molar-refractivity contribution < 1.29 is 4.79 Å². The molecule has 0 radical (unpaired) electrons. The Morgan fingerprint density at radius 3 is 3.04 bits per heavy atom. The Bertz CT molecular complexity index is 816. The first kappa shape index (κ1) is 15.0. The third kappa shape index (κ3) is 3.31. The number of hydrogen-bond donors (Lipinski definition) is 1. The minimum Gasteiger partial charge on any atom is -0.310 e. The van der Waals surface area contributed by atoms with Crippen LogP contribution < -0.4 is 5.32 Å². The fraction of sp³-hybridized carbons (Fsp3) is 0.250. The molecule has 3 rings (SSSR count). The molecular weight excluding hydrogens is 310 g/mol. The van der Waals surface area contributed by atoms with Crippen molar-refractivity contribution in [2.24, 2.45) is 5.92 Å². The van der Waals surface area contributed by atoms with Crippen LogP contribution in [-0.2, 0) is 4.79 Å². The fourth-order valence-corrected chi connectivity index (χ4v) is 3.30. The van der Waals surface area contributed by atoms with Gasteiger partial charge >= 0.3 is 0 Å². The molecule has 1 aliphatic rings. The molecule has 1 aromatic carbocycles. The quantitative estimate of drug-likeness (QED) is 0.876. The number of nitriles is 2. The Balaban J connectivity index is 1.69. The van der Waals surface area contributed by atoms with E-state index in [2.05, 4.69) is 22.6 Å². The molecule has 0 aliphatic carbocycles. The number of nitrogens with zero attached hydrogens (tertiary/aromatic N) is 4. The van der Waals surface area contributed by atoms with E-state index in [0.29, 0.717) is 30.2 Å². The molecule has 0 unspecified atom stereocenters. The van der Waals surface area contributed by atoms with Crippen LogP contribution in [0.5, 0.6) is 0 Å². The molecule has 23 heavy (non-hydrogen) atoms. The third-order valence-electron chi connectivity index (χ3n) is 3.71. The summed E-state index contributed by atoms with van der Waals surface area (Å²) in [4.78, 5) is 18.9. The number of nitrogens with one attached hydrogen (secondary N) is 1. The molecule has 0 bridgehead atoms. The van der Waals surface area contributed by atoms with Crippen LogP contribution in [0, 0.1) is 28.7 Å². The topological polar surface area (TPSA) is 92.8 Å². The van der Waals surface area contributed by atoms with Crippen molar-refractivity contribution in [1.29, 1.82) is 10.5 Å². The van der Waals surface area contributed by atoms with Gasteiger partial charge in [0, 0.05) is 19.3 Å². The van der Waals surface area contributed by atoms with Crippen molar-refractivity contribution in [3.8, 4) is 22.7 Å². The van der Waals surface area contributed by atoms with E-state index in [-0.39, 0.29) is 11.8 Å². The highest BCUT2D eigenvalue weighted by atomic mass is 32.1. The van der Waals surface area contributed by atoms with Gasteiger partial charge < -0.3 is 10.2 Å². The second-order valence-corrected chi connectivity index (χ2v) is 6.27. The molecule has 1 saturated heterocycles. The predicted octanol–water partition coefficient (Wildman–Crippen LogP) is 2.42. The number of benzene rings is 1. The summed E-state index contributed by atoms with van der Waals surface area (Å²) in [6.45, 7) is 1.09. The molecule has 1 aliphatic heterocycles. The summed E-state index contributed by atoms with van der Waals surface area (Å²) in [5.41, 5.74) is 1.49. The summed E-state index contributed by atoms with van der Waals surface area (Å²) in [6.07, 6.45) is 4.43. The van der Waals surface area contributed by atoms with Gasteiger partial charge in [0.05, 0.1) is 22.4 Å². The Morgan fingerprint density at radius 2 is 2.30 bits per heavy atom. The Morgan fingerprint density at radius 1 is 1.43 bits per heavy atom. The number of amides is 1. The molecular formula is C16H13N5OS. The number of carbonyl (C=O) groups excluding carboxylic acids is 1. The van der Waals surface area contributed by atoms with Gasteiger partial charge in [0.1, 0.15) is 0 Å². The monoisotopic (exact) mass is 323 g/mol. The molecule has 2 heterocycles. The van der Waals surface area contributed by atoms with Gasteiger partial charge in [-0.15, -0.1) is 0 Å². The number of hydrogen-bond acceptors (Lipinski definition) is 6. The summed E-state index contributed by atoms with van der Waals surface area (Å²) >= 11 is 1.37. The predicted molar refractivity (Wildman–Crippen MR) is 86.2 cm³/mol. The fourth-order valence-electron chi connectivity index (χ4n) is 2.48. The number of aromatic nitrogens is 1. The summed E-state index contributed by atoms with van der Waals surface area (Å²) in [6, 6.07) is 9.37. The maximum absolute atomic E-state index is 12.2. The second-order valence-electron chi connectivity index (χ2n) is 5.24. The SMILES string of the molecule is N#Cc1cccc(-c2cnc(NC(=O)[C@H]3CCN(C#N)C3)s2)c1. The molecule has 1 amide bonds. The lowest BCUT2D eigenvalue weighted by Gasteiger charge is -2.08. The summed E-state index contributed by atoms with van der Waals surface area (Å²) < 4.78 is 0. The highest BCUT2D eigenvalue weighted by Gasteiger charge is 2.28. The van der Waals surface area contributed by atoms with Crippen LogP contribution in [0.1, 0.15) is 12.0 Å². The number of rotatable bonds is 3. The summed E-state index contributed by atoms with van der Waals surface area (Å²) in [5.74, 6) is -0.279. The van der Waals surface area contributed by atoms with Gasteiger partial charge in [-0.3, -0.25) is 4.79 Å². The molecule has 7 heteroatoms. The summed E-state index contributed by atoms with van der Waals surface area (Å²) in [7, 11) is 0. The highest BCUT2D eigenvalue weighted by Crippen LogP contribution is 2.30. The lowest BCUT2D eigenvalue weighted by Crippen LogP contribution is -2.25. The maximum Gasteiger partial charge on any atom is 0.231 e. The molecule has 1 fully saturated rings. The average Bonchev–Trinajstić information content (AvgIpc) is 3.24. The molecule has 0 saturated carbocycles. The largest absolute Gasteiger partial charge is 0.310 e. The van der Waals surface area contributed by atoms with Crippen molar-refractivity contribution in [3.05, 3.63) is 36.0 Å². The number of likely N-dealkylation sites (tertiary alicyclic amines) is 1. The first-order valence-corrected chi connectivity index (χ1v) is 7.93. The van der Waals surface area contributed by atoms with E-state index in [9.17, 15) is 4.79 Å². The van der Waals surface area contributed by atoms with Crippen LogP contribution >= 0.6 is 11.3 Å². The summed E-state index contributed by atoms with van der Waals surface area (Å²) in [5, 5.41) is 21.1. The van der Waals surface area contributed by atoms with E-state index in [0.717, 1.165) is 10.4 Å². The Labute approximate surface area is 137 Å². The van der Waals surface area contributed by atoms with Crippen molar-refractivity contribution in [2.45, 2.75) is 6.42 Å². The van der Waals surface area contributed by atoms with Crippen LogP contribution in [0.4, 0.5) is 5.13 Å². The number of carbonyl (C=O) groups is 1. The van der Waals surface area contributed by atoms with Gasteiger partial charge in [-0.05, 0) is 24.1 Å². The van der Waals surface area contributed by atoms with Gasteiger partial charge in [-0.1, -0.05) is 23.5 Å². The van der Waals surface area contributed by atoms with Crippen LogP contribution in [-0.4, -0.2) is 28.9 Å². The van der Waals surface area contributed by atoms with Crippen molar-refractivity contribution in [3.63, 3.8) is 0 Å². The Hall–Kier alpha value is -2.90. The molecule has 1 N–H and O–H groups in total. The number of anilines is 1. The van der Waals surface area contributed by atoms with Crippen molar-refractivity contribution in [1.82, 2.24) is 9.88 Å². The lowest BCUT2D eigenvalue weighted by atomic mass is 10.1. The highest BCUT2D eigenvalue weighted by molar-refractivity contribution is 7.19. The van der Waals surface area contributed by atoms with Crippen LogP contribution in [0.25, 0.3) is 10.4 Å². The Kier molecular flexibility index (Phi) is 4.22. The van der Waals surface area contributed by atoms with Gasteiger partial charge in [0.2, 0.25) is 5.91 Å². The second kappa shape index (κ2) is 6.47. The normalized spacial score (nSPS) is 16.6. The zero-order valence-corrected chi connectivity index (χ0v) is 13.0. The molecule has 1 atom stereocenters. The van der Waals surface area contributed by atoms with Crippen molar-refractivity contribution in [2.75, 3.05) is 18.4 Å². The van der Waals surface area contributed by atoms with Crippen LogP contribution in [0.3, 0.4) is 0 Å². The first-order chi connectivity index (χ1) is 11.2. The van der Waals surface area contributed by atoms with Gasteiger partial charge in [-0.2, -0.15) is 10.5 Å². The van der Waals surface area contributed by atoms with E-state index in [4.69, 9.17) is 10.5 Å². The van der Waals surface area contributed by atoms with Crippen molar-refractivity contribution >= 4 is 22.4 Å². The number of thiazole rings is 1. The van der Waals surface area contributed by atoms with E-state index >= 15 is 0 Å². The van der Waals surface area contributed by atoms with Gasteiger partial charge in [0.25, 0.3) is 0 Å². The maximum atomic E-state index is 12.2. The first-order valence-electron chi connectivity index (χ1n) is 7.11. The zero-order chi connectivity index (χ0) is 16.2. The zero-order valence-electron chi connectivity index (χ0n) is 12.2. The lowest BCUT2D eigenvalue weighted by molar-refractivity contribution is -0.119. The van der Waals surface area contributed by atoms with E-state index in [1.807, 2.05) is 12.1 Å². The van der Waals surface area contributed by atoms with Gasteiger partial charge in [-0.25, -0.2) is 4.98 Å². The van der Waals surface area contributed by atoms with Crippen LogP contribution in [0.2, 0.25) is 0 Å². The standard InChI is InChI=1S/C16H13N5OS/c17-7-11-2-1-3-12(6-11)14-8-19-16(23-14)20-15(22)13-4-5-21(9-13)10-18/h1-3,6,8,13H,4-5,9H2,(H,19,20,22)/t13-/m0/s1. The van der Waals surface area contributed by atoms with E-state index < -0.39 is 0 Å². The average molecular weight is 323 g/mol. The van der Waals surface area contributed by atoms with E-state index in [1.165, 1.54) is 11.3 Å². The third-order valence-corrected chi connectivity index (χ3v) is 4.67. The molecule has 6 nitrogen and oxygen atoms in total. The molecule has 1 aromatic heterocycles. The molecule has 0 spiro atoms. The molecule has 2 aromatic rings. The van der Waals surface area contributed by atoms with E-state index in [1.54, 1.807) is 23.2 Å². The smallest absolute Gasteiger partial charge is 0.231 e. The minimum absolute atomic E-state index is 0.102. The van der Waals surface area contributed by atoms with Gasteiger partial charge in [0.15, 0.2) is 11.3 Å². The molecule has 114 valence electrons. The van der Waals surface area contributed by atoms with Crippen LogP contribution in [0.15, 0.2) is 30.5 Å².